The van der Waals surface area contributed by atoms with Crippen LogP contribution in [0.15, 0.2) is 35.7 Å². The number of benzene rings is 1. The minimum atomic E-state index is -1.18. The molecule has 0 saturated heterocycles. The molecular weight excluding hydrogens is 336 g/mol. The van der Waals surface area contributed by atoms with Gasteiger partial charge in [-0.2, -0.15) is 0 Å². The molecular formula is C19H19N2O3S-. The number of aromatic nitrogens is 1. The van der Waals surface area contributed by atoms with E-state index in [1.54, 1.807) is 6.08 Å². The molecule has 3 rings (SSSR count). The quantitative estimate of drug-likeness (QED) is 0.855. The summed E-state index contributed by atoms with van der Waals surface area (Å²) in [5, 5.41) is 16.4. The van der Waals surface area contributed by atoms with E-state index >= 15 is 0 Å². The van der Waals surface area contributed by atoms with Gasteiger partial charge in [0, 0.05) is 22.8 Å². The van der Waals surface area contributed by atoms with Crippen LogP contribution in [0.2, 0.25) is 0 Å². The van der Waals surface area contributed by atoms with Crippen molar-refractivity contribution in [2.75, 3.05) is 5.32 Å². The molecule has 0 unspecified atom stereocenters. The molecule has 1 aliphatic rings. The summed E-state index contributed by atoms with van der Waals surface area (Å²) in [7, 11) is 0. The molecule has 0 spiro atoms. The molecule has 2 atom stereocenters. The van der Waals surface area contributed by atoms with Crippen LogP contribution in [0.1, 0.15) is 24.0 Å². The summed E-state index contributed by atoms with van der Waals surface area (Å²) in [6.45, 7) is 4.06. The fourth-order valence-electron chi connectivity index (χ4n) is 3.12. The van der Waals surface area contributed by atoms with Crippen molar-refractivity contribution in [3.05, 3.63) is 46.9 Å². The van der Waals surface area contributed by atoms with E-state index in [1.165, 1.54) is 16.9 Å². The van der Waals surface area contributed by atoms with Gasteiger partial charge in [-0.15, -0.1) is 11.3 Å². The Morgan fingerprint density at radius 1 is 1.20 bits per heavy atom. The Kier molecular flexibility index (Phi) is 4.99. The lowest BCUT2D eigenvalue weighted by Crippen LogP contribution is -2.41. The average Bonchev–Trinajstić information content (AvgIpc) is 3.02. The number of aliphatic carboxylic acids is 1. The molecule has 6 heteroatoms. The second-order valence-electron chi connectivity index (χ2n) is 6.32. The molecule has 1 amide bonds. The van der Waals surface area contributed by atoms with E-state index in [0.717, 1.165) is 16.8 Å². The first-order valence-electron chi connectivity index (χ1n) is 8.15. The van der Waals surface area contributed by atoms with Crippen molar-refractivity contribution in [3.63, 3.8) is 0 Å². The van der Waals surface area contributed by atoms with Crippen molar-refractivity contribution in [2.45, 2.75) is 26.7 Å². The van der Waals surface area contributed by atoms with E-state index in [4.69, 9.17) is 0 Å². The van der Waals surface area contributed by atoms with Crippen molar-refractivity contribution in [2.24, 2.45) is 11.8 Å². The lowest BCUT2D eigenvalue weighted by molar-refractivity contribution is -0.313. The SMILES string of the molecule is Cc1ccc(-c2csc(NC(=O)[C@H]3CC=CC[C@H]3C(=O)[O-])n2)c(C)c1. The summed E-state index contributed by atoms with van der Waals surface area (Å²) in [5.74, 6) is -2.91. The van der Waals surface area contributed by atoms with Gasteiger partial charge in [0.2, 0.25) is 5.91 Å². The molecule has 0 fully saturated rings. The third-order valence-electron chi connectivity index (χ3n) is 4.46. The summed E-state index contributed by atoms with van der Waals surface area (Å²) in [4.78, 5) is 28.2. The summed E-state index contributed by atoms with van der Waals surface area (Å²) in [6.07, 6.45) is 4.35. The van der Waals surface area contributed by atoms with E-state index < -0.39 is 17.8 Å². The number of nitrogens with zero attached hydrogens (tertiary/aromatic N) is 1. The number of carboxylic acids is 1. The summed E-state index contributed by atoms with van der Waals surface area (Å²) in [6, 6.07) is 6.13. The summed E-state index contributed by atoms with van der Waals surface area (Å²) in [5.41, 5.74) is 4.13. The van der Waals surface area contributed by atoms with Gasteiger partial charge in [-0.05, 0) is 32.3 Å². The van der Waals surface area contributed by atoms with Crippen LogP contribution >= 0.6 is 11.3 Å². The standard InChI is InChI=1S/C19H20N2O3S/c1-11-7-8-13(12(2)9-11)16-10-25-19(20-16)21-17(22)14-5-3-4-6-15(14)18(23)24/h3-4,7-10,14-15H,5-6H2,1-2H3,(H,23,24)(H,20,21,22)/p-1/t14-,15+/m0/s1. The van der Waals surface area contributed by atoms with Gasteiger partial charge in [0.1, 0.15) is 0 Å². The average molecular weight is 355 g/mol. The van der Waals surface area contributed by atoms with Crippen LogP contribution in [0.3, 0.4) is 0 Å². The van der Waals surface area contributed by atoms with E-state index in [0.29, 0.717) is 18.0 Å². The lowest BCUT2D eigenvalue weighted by Gasteiger charge is -2.27. The molecule has 1 aromatic heterocycles. The highest BCUT2D eigenvalue weighted by atomic mass is 32.1. The number of carbonyl (C=O) groups is 2. The van der Waals surface area contributed by atoms with Crippen molar-refractivity contribution >= 4 is 28.3 Å². The number of anilines is 1. The normalized spacial score (nSPS) is 19.6. The van der Waals surface area contributed by atoms with Crippen LogP contribution in [-0.4, -0.2) is 16.9 Å². The van der Waals surface area contributed by atoms with E-state index in [-0.39, 0.29) is 5.91 Å². The van der Waals surface area contributed by atoms with Crippen LogP contribution in [0, 0.1) is 25.7 Å². The first kappa shape index (κ1) is 17.4. The number of aryl methyl sites for hydroxylation is 2. The van der Waals surface area contributed by atoms with Gasteiger partial charge in [0.05, 0.1) is 11.6 Å². The number of rotatable bonds is 4. The third-order valence-corrected chi connectivity index (χ3v) is 5.22. The molecule has 1 N–H and O–H groups in total. The molecule has 5 nitrogen and oxygen atoms in total. The number of allylic oxidation sites excluding steroid dienone is 2. The minimum Gasteiger partial charge on any atom is -0.550 e. The van der Waals surface area contributed by atoms with Crippen molar-refractivity contribution < 1.29 is 14.7 Å². The third kappa shape index (κ3) is 3.79. The molecule has 1 aliphatic carbocycles. The zero-order chi connectivity index (χ0) is 18.0. The largest absolute Gasteiger partial charge is 0.550 e. The topological polar surface area (TPSA) is 82.1 Å². The van der Waals surface area contributed by atoms with Gasteiger partial charge in [0.15, 0.2) is 5.13 Å². The Morgan fingerprint density at radius 2 is 1.92 bits per heavy atom. The number of carbonyl (C=O) groups excluding carboxylic acids is 2. The second kappa shape index (κ2) is 7.19. The Balaban J connectivity index is 1.76. The fourth-order valence-corrected chi connectivity index (χ4v) is 3.83. The molecule has 0 bridgehead atoms. The van der Waals surface area contributed by atoms with Crippen LogP contribution < -0.4 is 10.4 Å². The van der Waals surface area contributed by atoms with Gasteiger partial charge < -0.3 is 15.2 Å². The maximum atomic E-state index is 12.5. The van der Waals surface area contributed by atoms with Crippen LogP contribution in [0.5, 0.6) is 0 Å². The minimum absolute atomic E-state index is 0.319. The molecule has 1 aromatic carbocycles. The van der Waals surface area contributed by atoms with Crippen molar-refractivity contribution in [1.29, 1.82) is 0 Å². The molecule has 0 radical (unpaired) electrons. The number of nitrogens with one attached hydrogen (secondary N) is 1. The number of thiazole rings is 1. The monoisotopic (exact) mass is 355 g/mol. The highest BCUT2D eigenvalue weighted by Gasteiger charge is 2.30. The molecule has 1 heterocycles. The lowest BCUT2D eigenvalue weighted by atomic mass is 9.82. The highest BCUT2D eigenvalue weighted by molar-refractivity contribution is 7.14. The predicted octanol–water partition coefficient (Wildman–Crippen LogP) is 2.70. The van der Waals surface area contributed by atoms with E-state index in [1.807, 2.05) is 37.4 Å². The molecule has 2 aromatic rings. The van der Waals surface area contributed by atoms with Crippen molar-refractivity contribution in [3.8, 4) is 11.3 Å². The maximum absolute atomic E-state index is 12.5. The molecule has 130 valence electrons. The molecule has 25 heavy (non-hydrogen) atoms. The second-order valence-corrected chi connectivity index (χ2v) is 7.18. The molecule has 0 saturated carbocycles. The van der Waals surface area contributed by atoms with Gasteiger partial charge in [0.25, 0.3) is 0 Å². The van der Waals surface area contributed by atoms with E-state index in [2.05, 4.69) is 16.4 Å². The Labute approximate surface area is 150 Å². The number of carboxylic acid groups (broad SMARTS) is 1. The number of hydrogen-bond donors (Lipinski definition) is 1. The highest BCUT2D eigenvalue weighted by Crippen LogP contribution is 2.30. The Morgan fingerprint density at radius 3 is 2.60 bits per heavy atom. The zero-order valence-electron chi connectivity index (χ0n) is 14.1. The predicted molar refractivity (Wildman–Crippen MR) is 96.0 cm³/mol. The smallest absolute Gasteiger partial charge is 0.230 e. The number of amides is 1. The Hall–Kier alpha value is -2.47. The van der Waals surface area contributed by atoms with Crippen LogP contribution in [0.25, 0.3) is 11.3 Å². The first-order valence-corrected chi connectivity index (χ1v) is 9.03. The summed E-state index contributed by atoms with van der Waals surface area (Å²) >= 11 is 1.34. The maximum Gasteiger partial charge on any atom is 0.230 e. The van der Waals surface area contributed by atoms with Crippen LogP contribution in [0.4, 0.5) is 5.13 Å². The summed E-state index contributed by atoms with van der Waals surface area (Å²) < 4.78 is 0. The van der Waals surface area contributed by atoms with Crippen molar-refractivity contribution in [1.82, 2.24) is 4.98 Å². The molecule has 0 aliphatic heterocycles. The first-order chi connectivity index (χ1) is 12.0. The van der Waals surface area contributed by atoms with Gasteiger partial charge in [-0.1, -0.05) is 35.9 Å². The van der Waals surface area contributed by atoms with Gasteiger partial charge in [-0.3, -0.25) is 4.79 Å². The fraction of sp³-hybridized carbons (Fsp3) is 0.316. The Bertz CT molecular complexity index is 841. The van der Waals surface area contributed by atoms with Gasteiger partial charge in [-0.25, -0.2) is 4.98 Å². The number of hydrogen-bond acceptors (Lipinski definition) is 5. The van der Waals surface area contributed by atoms with Crippen LogP contribution in [-0.2, 0) is 9.59 Å². The zero-order valence-corrected chi connectivity index (χ0v) is 14.9. The van der Waals surface area contributed by atoms with E-state index in [9.17, 15) is 14.7 Å². The van der Waals surface area contributed by atoms with Gasteiger partial charge >= 0.3 is 0 Å².